The molecule has 0 saturated heterocycles. The van der Waals surface area contributed by atoms with Crippen LogP contribution in [0.15, 0.2) is 84.9 Å². The molecule has 0 fully saturated rings. The van der Waals surface area contributed by atoms with Crippen molar-refractivity contribution in [3.8, 4) is 0 Å². The van der Waals surface area contributed by atoms with E-state index in [9.17, 15) is 0 Å². The van der Waals surface area contributed by atoms with Crippen molar-refractivity contribution in [2.75, 3.05) is 0 Å². The third-order valence-corrected chi connectivity index (χ3v) is 3.10. The van der Waals surface area contributed by atoms with E-state index in [1.165, 1.54) is 21.5 Å². The van der Waals surface area contributed by atoms with E-state index in [4.69, 9.17) is 0 Å². The third-order valence-electron chi connectivity index (χ3n) is 3.10. The molecule has 0 atom stereocenters. The predicted octanol–water partition coefficient (Wildman–Crippen LogP) is 6.81. The van der Waals surface area contributed by atoms with Gasteiger partial charge in [0, 0.05) is 0 Å². The normalized spacial score (nSPS) is 10.2. The Morgan fingerprint density at radius 2 is 1.00 bits per heavy atom. The fourth-order valence-corrected chi connectivity index (χ4v) is 2.14. The van der Waals surface area contributed by atoms with Crippen LogP contribution in [0, 0.1) is 6.55 Å². The fraction of sp³-hybridized carbons (Fsp3) is 0.136. The maximum Gasteiger partial charge on any atom is 3.00 e. The van der Waals surface area contributed by atoms with Crippen LogP contribution in [0.1, 0.15) is 0 Å². The second kappa shape index (κ2) is 9.91. The number of hydrogen-bond acceptors (Lipinski definition) is 0. The molecule has 0 aliphatic carbocycles. The minimum absolute atomic E-state index is 0. The molecule has 0 spiro atoms. The molecule has 1 radical (unpaired) electrons. The van der Waals surface area contributed by atoms with Gasteiger partial charge >= 0.3 is 26.2 Å². The Labute approximate surface area is 166 Å². The van der Waals surface area contributed by atoms with Crippen LogP contribution in [0.2, 0.25) is 19.6 Å². The molecule has 0 saturated carbocycles. The molecule has 24 heavy (non-hydrogen) atoms. The summed E-state index contributed by atoms with van der Waals surface area (Å²) in [5.41, 5.74) is 0. The van der Waals surface area contributed by atoms with Gasteiger partial charge in [-0.2, -0.15) is 35.0 Å². The molecule has 0 amide bonds. The van der Waals surface area contributed by atoms with Crippen molar-refractivity contribution >= 4 is 29.6 Å². The van der Waals surface area contributed by atoms with E-state index in [1.54, 1.807) is 0 Å². The minimum atomic E-state index is -0.861. The first-order valence-corrected chi connectivity index (χ1v) is 11.7. The van der Waals surface area contributed by atoms with Crippen molar-refractivity contribution in [3.63, 3.8) is 0 Å². The quantitative estimate of drug-likeness (QED) is 0.221. The van der Waals surface area contributed by atoms with Crippen LogP contribution < -0.4 is 0 Å². The minimum Gasteiger partial charge on any atom is -0.342 e. The van der Waals surface area contributed by atoms with Crippen molar-refractivity contribution < 1.29 is 26.2 Å². The molecule has 0 aliphatic rings. The van der Waals surface area contributed by atoms with Gasteiger partial charge in [0.1, 0.15) is 0 Å². The number of benzene rings is 2. The van der Waals surface area contributed by atoms with Crippen LogP contribution in [0.4, 0.5) is 0 Å². The molecule has 0 aliphatic heterocycles. The van der Waals surface area contributed by atoms with Crippen LogP contribution in [-0.2, 0) is 26.2 Å². The first kappa shape index (κ1) is 20.8. The Kier molecular flexibility index (Phi) is 8.59. The summed E-state index contributed by atoms with van der Waals surface area (Å²) in [6.07, 6.45) is 0. The van der Waals surface area contributed by atoms with Gasteiger partial charge in [-0.25, -0.2) is 0 Å². The van der Waals surface area contributed by atoms with Crippen LogP contribution in [0.25, 0.3) is 21.5 Å². The van der Waals surface area contributed by atoms with E-state index >= 15 is 0 Å². The Bertz CT molecular complexity index is 701. The molecule has 0 unspecified atom stereocenters. The molecule has 0 aromatic heterocycles. The molecule has 121 valence electrons. The van der Waals surface area contributed by atoms with E-state index in [1.807, 2.05) is 0 Å². The molecular weight excluding hydrogens is 384 g/mol. The van der Waals surface area contributed by atoms with Crippen molar-refractivity contribution in [1.29, 1.82) is 0 Å². The standard InChI is InChI=1S/2C9H7.C4H11Si.Zr/c2*1-2-5-9-7-3-6-8(9)4-1;1-5(2,3)4;/h2*1-7H;1H2,2-4H3;/q3*-1;+3. The summed E-state index contributed by atoms with van der Waals surface area (Å²) >= 11 is 0. The summed E-state index contributed by atoms with van der Waals surface area (Å²) in [5, 5.41) is 5.32. The maximum atomic E-state index is 3.91. The van der Waals surface area contributed by atoms with Gasteiger partial charge in [0.25, 0.3) is 0 Å². The molecule has 0 bridgehead atoms. The number of hydrogen-bond donors (Lipinski definition) is 0. The van der Waals surface area contributed by atoms with Crippen molar-refractivity contribution in [1.82, 2.24) is 0 Å². The van der Waals surface area contributed by atoms with Gasteiger partial charge in [-0.15, -0.1) is 67.4 Å². The van der Waals surface area contributed by atoms with Crippen LogP contribution in [-0.4, -0.2) is 8.07 Å². The van der Waals surface area contributed by atoms with Gasteiger partial charge in [0.15, 0.2) is 0 Å². The Balaban J connectivity index is 0.000000185. The summed E-state index contributed by atoms with van der Waals surface area (Å²) < 4.78 is 0. The second-order valence-electron chi connectivity index (χ2n) is 6.87. The SMILES string of the molecule is [CH2-][Si](C)(C)C.[Zr+3].c1ccc2[cH-]ccc2c1.c1ccc2[cH-]ccc2c1. The van der Waals surface area contributed by atoms with Crippen LogP contribution in [0.3, 0.4) is 0 Å². The predicted molar refractivity (Wildman–Crippen MR) is 108 cm³/mol. The summed E-state index contributed by atoms with van der Waals surface area (Å²) in [6, 6.07) is 29.3. The molecule has 2 heteroatoms. The smallest absolute Gasteiger partial charge is 0.342 e. The Morgan fingerprint density at radius 3 is 1.33 bits per heavy atom. The van der Waals surface area contributed by atoms with E-state index in [0.717, 1.165) is 0 Å². The van der Waals surface area contributed by atoms with Crippen LogP contribution in [0.5, 0.6) is 0 Å². The summed E-state index contributed by atoms with van der Waals surface area (Å²) in [7, 11) is -0.861. The summed E-state index contributed by atoms with van der Waals surface area (Å²) in [4.78, 5) is 0. The van der Waals surface area contributed by atoms with Gasteiger partial charge in [0.2, 0.25) is 0 Å². The number of fused-ring (bicyclic) bond motifs is 2. The molecule has 0 heterocycles. The van der Waals surface area contributed by atoms with E-state index in [2.05, 4.69) is 111 Å². The molecule has 4 aromatic carbocycles. The maximum absolute atomic E-state index is 3.91. The van der Waals surface area contributed by atoms with Crippen LogP contribution >= 0.6 is 0 Å². The first-order valence-electron chi connectivity index (χ1n) is 8.00. The average molecular weight is 409 g/mol. The van der Waals surface area contributed by atoms with E-state index in [0.29, 0.717) is 0 Å². The molecular formula is C22H25SiZr. The zero-order valence-corrected chi connectivity index (χ0v) is 18.2. The van der Waals surface area contributed by atoms with Gasteiger partial charge in [-0.05, 0) is 0 Å². The van der Waals surface area contributed by atoms with E-state index < -0.39 is 8.07 Å². The topological polar surface area (TPSA) is 0 Å². The molecule has 4 aromatic rings. The number of rotatable bonds is 0. The van der Waals surface area contributed by atoms with Crippen molar-refractivity contribution in [2.24, 2.45) is 0 Å². The zero-order chi connectivity index (χ0) is 16.7. The Morgan fingerprint density at radius 1 is 0.667 bits per heavy atom. The van der Waals surface area contributed by atoms with Crippen molar-refractivity contribution in [2.45, 2.75) is 19.6 Å². The molecule has 4 rings (SSSR count). The zero-order valence-electron chi connectivity index (χ0n) is 14.8. The van der Waals surface area contributed by atoms with Gasteiger partial charge in [-0.1, -0.05) is 31.8 Å². The summed E-state index contributed by atoms with van der Waals surface area (Å²) in [5.74, 6) is 0. The Hall–Kier alpha value is -1.24. The van der Waals surface area contributed by atoms with Crippen molar-refractivity contribution in [3.05, 3.63) is 91.5 Å². The third kappa shape index (κ3) is 7.55. The van der Waals surface area contributed by atoms with Gasteiger partial charge in [0.05, 0.1) is 0 Å². The van der Waals surface area contributed by atoms with Gasteiger partial charge in [-0.3, -0.25) is 0 Å². The van der Waals surface area contributed by atoms with Gasteiger partial charge < -0.3 is 6.55 Å². The molecule has 0 nitrogen and oxygen atoms in total. The average Bonchev–Trinajstić information content (AvgIpc) is 3.15. The first-order chi connectivity index (χ1) is 10.9. The fourth-order valence-electron chi connectivity index (χ4n) is 2.14. The molecule has 0 N–H and O–H groups in total. The second-order valence-corrected chi connectivity index (χ2v) is 12.0. The summed E-state index contributed by atoms with van der Waals surface area (Å²) in [6.45, 7) is 10.6. The van der Waals surface area contributed by atoms with E-state index in [-0.39, 0.29) is 26.2 Å². The monoisotopic (exact) mass is 407 g/mol. The largest absolute Gasteiger partial charge is 3.00 e.